The zero-order chi connectivity index (χ0) is 21.8. The van der Waals surface area contributed by atoms with Gasteiger partial charge in [0.05, 0.1) is 29.3 Å². The Morgan fingerprint density at radius 1 is 1.37 bits per heavy atom. The first-order chi connectivity index (χ1) is 14.3. The van der Waals surface area contributed by atoms with Crippen molar-refractivity contribution >= 4 is 45.5 Å². The maximum Gasteiger partial charge on any atom is 0.341 e. The standard InChI is InChI=1S/C21H26N2O5S2/c1-5-27-21(26)18-15-7-6-11(2)8-16(15)30-20(18)23-19(25)12(3)28-17(24)9-14-10-29-13(4)22-14/h10-12H,5-9H2,1-4H3,(H,23,25)/t11-,12+/m0/s1. The molecule has 0 saturated heterocycles. The van der Waals surface area contributed by atoms with Crippen molar-refractivity contribution in [1.82, 2.24) is 4.98 Å². The van der Waals surface area contributed by atoms with E-state index >= 15 is 0 Å². The fourth-order valence-electron chi connectivity index (χ4n) is 3.40. The molecule has 2 aromatic heterocycles. The Hall–Kier alpha value is -2.26. The van der Waals surface area contributed by atoms with Gasteiger partial charge in [0, 0.05) is 10.3 Å². The molecule has 0 unspecified atom stereocenters. The number of hydrogen-bond donors (Lipinski definition) is 1. The normalized spacial score (nSPS) is 16.5. The maximum atomic E-state index is 12.7. The number of amides is 1. The van der Waals surface area contributed by atoms with E-state index in [-0.39, 0.29) is 13.0 Å². The molecule has 0 radical (unpaired) electrons. The Morgan fingerprint density at radius 2 is 2.13 bits per heavy atom. The second-order valence-corrected chi connectivity index (χ2v) is 9.60. The molecule has 0 bridgehead atoms. The lowest BCUT2D eigenvalue weighted by Gasteiger charge is -2.18. The van der Waals surface area contributed by atoms with E-state index < -0.39 is 23.9 Å². The highest BCUT2D eigenvalue weighted by atomic mass is 32.1. The lowest BCUT2D eigenvalue weighted by atomic mass is 9.88. The molecule has 0 aliphatic heterocycles. The van der Waals surface area contributed by atoms with Crippen LogP contribution in [0.1, 0.15) is 58.7 Å². The van der Waals surface area contributed by atoms with Gasteiger partial charge in [0.25, 0.3) is 5.91 Å². The van der Waals surface area contributed by atoms with E-state index in [0.717, 1.165) is 34.7 Å². The molecule has 7 nitrogen and oxygen atoms in total. The number of nitrogens with one attached hydrogen (secondary N) is 1. The Balaban J connectivity index is 1.70. The molecule has 2 heterocycles. The van der Waals surface area contributed by atoms with E-state index in [9.17, 15) is 14.4 Å². The van der Waals surface area contributed by atoms with Crippen LogP contribution in [0.2, 0.25) is 0 Å². The van der Waals surface area contributed by atoms with Crippen molar-refractivity contribution in [3.8, 4) is 0 Å². The van der Waals surface area contributed by atoms with Gasteiger partial charge >= 0.3 is 11.9 Å². The summed E-state index contributed by atoms with van der Waals surface area (Å²) in [4.78, 5) is 42.7. The summed E-state index contributed by atoms with van der Waals surface area (Å²) in [5.74, 6) is -0.893. The molecule has 2 aromatic rings. The summed E-state index contributed by atoms with van der Waals surface area (Å²) < 4.78 is 10.5. The third-order valence-electron chi connectivity index (χ3n) is 4.90. The number of carbonyl (C=O) groups is 3. The molecular weight excluding hydrogens is 424 g/mol. The van der Waals surface area contributed by atoms with Crippen molar-refractivity contribution in [2.24, 2.45) is 5.92 Å². The molecular formula is C21H26N2O5S2. The number of anilines is 1. The van der Waals surface area contributed by atoms with Gasteiger partial charge in [-0.05, 0) is 51.5 Å². The number of aromatic nitrogens is 1. The van der Waals surface area contributed by atoms with E-state index in [1.807, 2.05) is 6.92 Å². The molecule has 0 aromatic carbocycles. The summed E-state index contributed by atoms with van der Waals surface area (Å²) in [6, 6.07) is 0. The number of ether oxygens (including phenoxy) is 2. The van der Waals surface area contributed by atoms with Gasteiger partial charge in [0.2, 0.25) is 0 Å². The third kappa shape index (κ3) is 5.26. The van der Waals surface area contributed by atoms with Crippen molar-refractivity contribution in [3.05, 3.63) is 32.1 Å². The molecule has 2 atom stereocenters. The van der Waals surface area contributed by atoms with E-state index in [0.29, 0.717) is 22.2 Å². The van der Waals surface area contributed by atoms with E-state index in [1.165, 1.54) is 29.6 Å². The fourth-order valence-corrected chi connectivity index (χ4v) is 5.42. The second-order valence-electron chi connectivity index (χ2n) is 7.43. The lowest BCUT2D eigenvalue weighted by Crippen LogP contribution is -2.30. The predicted molar refractivity (Wildman–Crippen MR) is 116 cm³/mol. The smallest absolute Gasteiger partial charge is 0.341 e. The first kappa shape index (κ1) is 22.4. The number of thiophene rings is 1. The molecule has 0 spiro atoms. The summed E-state index contributed by atoms with van der Waals surface area (Å²) in [6.07, 6.45) is 1.67. The number of nitrogens with zero attached hydrogens (tertiary/aromatic N) is 1. The van der Waals surface area contributed by atoms with Gasteiger partial charge in [-0.2, -0.15) is 0 Å². The number of rotatable bonds is 7. The summed E-state index contributed by atoms with van der Waals surface area (Å²) in [7, 11) is 0. The number of esters is 2. The zero-order valence-corrected chi connectivity index (χ0v) is 19.2. The molecule has 1 aliphatic rings. The highest BCUT2D eigenvalue weighted by molar-refractivity contribution is 7.17. The number of fused-ring (bicyclic) bond motifs is 1. The van der Waals surface area contributed by atoms with Crippen LogP contribution in [0.5, 0.6) is 0 Å². The molecule has 1 aliphatic carbocycles. The number of thiazole rings is 1. The van der Waals surface area contributed by atoms with Crippen molar-refractivity contribution in [3.63, 3.8) is 0 Å². The summed E-state index contributed by atoms with van der Waals surface area (Å²) in [6.45, 7) is 7.56. The Morgan fingerprint density at radius 3 is 2.80 bits per heavy atom. The molecule has 30 heavy (non-hydrogen) atoms. The molecule has 9 heteroatoms. The minimum absolute atomic E-state index is 0.0151. The van der Waals surface area contributed by atoms with Crippen LogP contribution >= 0.6 is 22.7 Å². The fraction of sp³-hybridized carbons (Fsp3) is 0.524. The van der Waals surface area contributed by atoms with Gasteiger partial charge in [0.15, 0.2) is 6.10 Å². The van der Waals surface area contributed by atoms with Crippen LogP contribution in [0.3, 0.4) is 0 Å². The first-order valence-corrected chi connectivity index (χ1v) is 11.7. The van der Waals surface area contributed by atoms with Crippen LogP contribution in [0.25, 0.3) is 0 Å². The number of aryl methyl sites for hydroxylation is 1. The maximum absolute atomic E-state index is 12.7. The van der Waals surface area contributed by atoms with Crippen LogP contribution in [-0.4, -0.2) is 35.5 Å². The van der Waals surface area contributed by atoms with E-state index in [1.54, 1.807) is 12.3 Å². The Bertz CT molecular complexity index is 949. The van der Waals surface area contributed by atoms with Crippen LogP contribution in [0.4, 0.5) is 5.00 Å². The largest absolute Gasteiger partial charge is 0.462 e. The highest BCUT2D eigenvalue weighted by Gasteiger charge is 2.30. The van der Waals surface area contributed by atoms with E-state index in [2.05, 4.69) is 17.2 Å². The average molecular weight is 451 g/mol. The quantitative estimate of drug-likeness (QED) is 0.643. The molecule has 0 saturated carbocycles. The predicted octanol–water partition coefficient (Wildman–Crippen LogP) is 3.93. The second kappa shape index (κ2) is 9.70. The highest BCUT2D eigenvalue weighted by Crippen LogP contribution is 2.40. The number of carbonyl (C=O) groups excluding carboxylic acids is 3. The van der Waals surface area contributed by atoms with Gasteiger partial charge < -0.3 is 14.8 Å². The van der Waals surface area contributed by atoms with Crippen LogP contribution in [-0.2, 0) is 38.3 Å². The van der Waals surface area contributed by atoms with Gasteiger partial charge in [-0.25, -0.2) is 9.78 Å². The van der Waals surface area contributed by atoms with Crippen molar-refractivity contribution in [1.29, 1.82) is 0 Å². The molecule has 162 valence electrons. The monoisotopic (exact) mass is 450 g/mol. The minimum atomic E-state index is -0.995. The van der Waals surface area contributed by atoms with Gasteiger partial charge in [-0.1, -0.05) is 6.92 Å². The average Bonchev–Trinajstić information content (AvgIpc) is 3.23. The number of hydrogen-bond acceptors (Lipinski definition) is 8. The SMILES string of the molecule is CCOC(=O)c1c(NC(=O)[C@@H](C)OC(=O)Cc2csc(C)n2)sc2c1CC[C@H](C)C2. The molecule has 1 amide bonds. The van der Waals surface area contributed by atoms with E-state index in [4.69, 9.17) is 9.47 Å². The van der Waals surface area contributed by atoms with Crippen molar-refractivity contribution in [2.45, 2.75) is 59.5 Å². The first-order valence-electron chi connectivity index (χ1n) is 10.0. The summed E-state index contributed by atoms with van der Waals surface area (Å²) in [5, 5.41) is 5.91. The van der Waals surface area contributed by atoms with Crippen molar-refractivity contribution < 1.29 is 23.9 Å². The van der Waals surface area contributed by atoms with Crippen molar-refractivity contribution in [2.75, 3.05) is 11.9 Å². The summed E-state index contributed by atoms with van der Waals surface area (Å²) >= 11 is 2.86. The topological polar surface area (TPSA) is 94.6 Å². The molecule has 1 N–H and O–H groups in total. The van der Waals surface area contributed by atoms with Gasteiger partial charge in [-0.15, -0.1) is 22.7 Å². The lowest BCUT2D eigenvalue weighted by molar-refractivity contribution is -0.152. The zero-order valence-electron chi connectivity index (χ0n) is 17.6. The minimum Gasteiger partial charge on any atom is -0.462 e. The van der Waals surface area contributed by atoms with Crippen LogP contribution < -0.4 is 5.32 Å². The molecule has 3 rings (SSSR count). The van der Waals surface area contributed by atoms with Gasteiger partial charge in [0.1, 0.15) is 5.00 Å². The summed E-state index contributed by atoms with van der Waals surface area (Å²) in [5.41, 5.74) is 2.03. The Kier molecular flexibility index (Phi) is 7.25. The van der Waals surface area contributed by atoms with Crippen LogP contribution in [0.15, 0.2) is 5.38 Å². The van der Waals surface area contributed by atoms with Crippen LogP contribution in [0, 0.1) is 12.8 Å². The molecule has 0 fully saturated rings. The third-order valence-corrected chi connectivity index (χ3v) is 6.89. The van der Waals surface area contributed by atoms with Gasteiger partial charge in [-0.3, -0.25) is 9.59 Å². The Labute approximate surface area is 183 Å².